The van der Waals surface area contributed by atoms with E-state index in [0.29, 0.717) is 0 Å². The molecule has 0 amide bonds. The standard InChI is InChI=1S/C60H37N3S/c1-2-13-38(14-3-1)40-25-31-59-51(34-40)52-35-41(26-32-60(52)64-59)39-15-12-16-42(33-39)61-57-29-27-43(62-53-21-8-4-17-45(53)46-18-5-9-22-54(46)62)36-49(57)50-37-44(28-30-58(50)61)63-55-23-10-6-19-47(55)48-20-7-11-24-56(48)63/h1-37H. The van der Waals surface area contributed by atoms with Crippen molar-refractivity contribution in [3.63, 3.8) is 0 Å². The zero-order valence-electron chi connectivity index (χ0n) is 34.6. The Morgan fingerprint density at radius 1 is 0.219 bits per heavy atom. The number of nitrogens with zero attached hydrogens (tertiary/aromatic N) is 3. The van der Waals surface area contributed by atoms with Crippen LogP contribution in [0, 0.1) is 0 Å². The molecule has 0 atom stereocenters. The molecule has 0 radical (unpaired) electrons. The Labute approximate surface area is 372 Å². The molecule has 0 aliphatic rings. The Morgan fingerprint density at radius 2 is 0.594 bits per heavy atom. The highest BCUT2D eigenvalue weighted by atomic mass is 32.1. The van der Waals surface area contributed by atoms with Gasteiger partial charge in [-0.25, -0.2) is 0 Å². The topological polar surface area (TPSA) is 14.8 Å². The zero-order chi connectivity index (χ0) is 41.9. The second-order valence-electron chi connectivity index (χ2n) is 16.9. The van der Waals surface area contributed by atoms with Crippen LogP contribution < -0.4 is 0 Å². The van der Waals surface area contributed by atoms with Gasteiger partial charge in [0.05, 0.1) is 33.1 Å². The molecule has 64 heavy (non-hydrogen) atoms. The number of hydrogen-bond donors (Lipinski definition) is 0. The minimum atomic E-state index is 1.13. The summed E-state index contributed by atoms with van der Waals surface area (Å²) in [6.45, 7) is 0. The zero-order valence-corrected chi connectivity index (χ0v) is 35.4. The molecule has 0 aliphatic heterocycles. The molecule has 0 saturated carbocycles. The Morgan fingerprint density at radius 3 is 1.08 bits per heavy atom. The number of aromatic nitrogens is 3. The van der Waals surface area contributed by atoms with Gasteiger partial charge < -0.3 is 13.7 Å². The molecule has 14 rings (SSSR count). The summed E-state index contributed by atoms with van der Waals surface area (Å²) in [6.07, 6.45) is 0. The SMILES string of the molecule is c1ccc(-c2ccc3sc4ccc(-c5cccc(-n6c7ccc(-n8c9ccccc9c9ccccc98)cc7c7cc(-n8c9ccccc9c9ccccc98)ccc76)c5)cc4c3c2)cc1. The van der Waals surface area contributed by atoms with E-state index in [9.17, 15) is 0 Å². The third kappa shape index (κ3) is 5.21. The van der Waals surface area contributed by atoms with Gasteiger partial charge in [-0.3, -0.25) is 0 Å². The first kappa shape index (κ1) is 35.4. The van der Waals surface area contributed by atoms with E-state index in [1.807, 2.05) is 11.3 Å². The lowest BCUT2D eigenvalue weighted by atomic mass is 10.00. The molecule has 0 spiro atoms. The summed E-state index contributed by atoms with van der Waals surface area (Å²) in [7, 11) is 0. The molecule has 4 heteroatoms. The van der Waals surface area contributed by atoms with Crippen LogP contribution in [0.15, 0.2) is 224 Å². The predicted molar refractivity (Wildman–Crippen MR) is 273 cm³/mol. The van der Waals surface area contributed by atoms with E-state index >= 15 is 0 Å². The van der Waals surface area contributed by atoms with Crippen LogP contribution in [0.5, 0.6) is 0 Å². The second kappa shape index (κ2) is 13.7. The average molecular weight is 832 g/mol. The minimum Gasteiger partial charge on any atom is -0.309 e. The van der Waals surface area contributed by atoms with Crippen molar-refractivity contribution in [1.82, 2.24) is 13.7 Å². The number of hydrogen-bond acceptors (Lipinski definition) is 1. The molecule has 298 valence electrons. The lowest BCUT2D eigenvalue weighted by Crippen LogP contribution is -1.96. The highest BCUT2D eigenvalue weighted by Crippen LogP contribution is 2.42. The van der Waals surface area contributed by atoms with E-state index in [2.05, 4.69) is 238 Å². The van der Waals surface area contributed by atoms with Gasteiger partial charge in [-0.2, -0.15) is 0 Å². The van der Waals surface area contributed by atoms with Crippen molar-refractivity contribution in [3.05, 3.63) is 224 Å². The molecule has 0 fully saturated rings. The van der Waals surface area contributed by atoms with E-state index in [0.717, 1.165) is 17.1 Å². The maximum absolute atomic E-state index is 2.46. The smallest absolute Gasteiger partial charge is 0.0542 e. The van der Waals surface area contributed by atoms with E-state index in [4.69, 9.17) is 0 Å². The Balaban J connectivity index is 0.985. The van der Waals surface area contributed by atoms with Crippen LogP contribution in [0.3, 0.4) is 0 Å². The molecule has 3 nitrogen and oxygen atoms in total. The fourth-order valence-corrected chi connectivity index (χ4v) is 11.6. The fourth-order valence-electron chi connectivity index (χ4n) is 10.5. The third-order valence-electron chi connectivity index (χ3n) is 13.4. The van der Waals surface area contributed by atoms with Gasteiger partial charge in [-0.1, -0.05) is 127 Å². The summed E-state index contributed by atoms with van der Waals surface area (Å²) in [4.78, 5) is 0. The Kier molecular flexibility index (Phi) is 7.56. The molecule has 10 aromatic carbocycles. The number of fused-ring (bicyclic) bond motifs is 12. The predicted octanol–water partition coefficient (Wildman–Crippen LogP) is 16.7. The maximum Gasteiger partial charge on any atom is 0.0542 e. The van der Waals surface area contributed by atoms with Gasteiger partial charge in [0.25, 0.3) is 0 Å². The summed E-state index contributed by atoms with van der Waals surface area (Å²) in [5.41, 5.74) is 15.5. The van der Waals surface area contributed by atoms with Gasteiger partial charge in [0, 0.05) is 69.6 Å². The molecule has 4 aromatic heterocycles. The van der Waals surface area contributed by atoms with Gasteiger partial charge in [-0.05, 0) is 119 Å². The molecular formula is C60H37N3S. The number of benzene rings is 10. The van der Waals surface area contributed by atoms with Gasteiger partial charge in [-0.15, -0.1) is 11.3 Å². The molecule has 14 aromatic rings. The summed E-state index contributed by atoms with van der Waals surface area (Å²) < 4.78 is 9.94. The van der Waals surface area contributed by atoms with Gasteiger partial charge >= 0.3 is 0 Å². The minimum absolute atomic E-state index is 1.13. The first-order valence-corrected chi connectivity index (χ1v) is 22.7. The van der Waals surface area contributed by atoms with Crippen molar-refractivity contribution >= 4 is 96.9 Å². The molecule has 0 bridgehead atoms. The van der Waals surface area contributed by atoms with E-state index in [1.54, 1.807) is 0 Å². The van der Waals surface area contributed by atoms with E-state index < -0.39 is 0 Å². The third-order valence-corrected chi connectivity index (χ3v) is 14.6. The number of rotatable bonds is 5. The van der Waals surface area contributed by atoms with E-state index in [1.165, 1.54) is 108 Å². The monoisotopic (exact) mass is 831 g/mol. The van der Waals surface area contributed by atoms with Crippen LogP contribution in [-0.2, 0) is 0 Å². The summed E-state index contributed by atoms with van der Waals surface area (Å²) >= 11 is 1.87. The quantitative estimate of drug-likeness (QED) is 0.164. The fraction of sp³-hybridized carbons (Fsp3) is 0. The lowest BCUT2D eigenvalue weighted by Gasteiger charge is -2.12. The molecule has 4 heterocycles. The van der Waals surface area contributed by atoms with Gasteiger partial charge in [0.1, 0.15) is 0 Å². The average Bonchev–Trinajstić information content (AvgIpc) is 4.10. The van der Waals surface area contributed by atoms with Crippen molar-refractivity contribution < 1.29 is 0 Å². The van der Waals surface area contributed by atoms with Crippen LogP contribution in [0.4, 0.5) is 0 Å². The summed E-state index contributed by atoms with van der Waals surface area (Å²) in [6, 6.07) is 82.8. The van der Waals surface area contributed by atoms with Crippen LogP contribution in [-0.4, -0.2) is 13.7 Å². The first-order valence-electron chi connectivity index (χ1n) is 21.9. The van der Waals surface area contributed by atoms with Gasteiger partial charge in [0.15, 0.2) is 0 Å². The largest absolute Gasteiger partial charge is 0.309 e. The van der Waals surface area contributed by atoms with Crippen LogP contribution in [0.25, 0.3) is 125 Å². The highest BCUT2D eigenvalue weighted by molar-refractivity contribution is 7.25. The van der Waals surface area contributed by atoms with Crippen LogP contribution in [0.1, 0.15) is 0 Å². The molecule has 0 unspecified atom stereocenters. The van der Waals surface area contributed by atoms with Crippen molar-refractivity contribution in [2.75, 3.05) is 0 Å². The second-order valence-corrected chi connectivity index (χ2v) is 18.0. The lowest BCUT2D eigenvalue weighted by molar-refractivity contribution is 1.16. The van der Waals surface area contributed by atoms with Crippen molar-refractivity contribution in [1.29, 1.82) is 0 Å². The highest BCUT2D eigenvalue weighted by Gasteiger charge is 2.19. The summed E-state index contributed by atoms with van der Waals surface area (Å²) in [5.74, 6) is 0. The van der Waals surface area contributed by atoms with Crippen LogP contribution >= 0.6 is 11.3 Å². The molecule has 0 aliphatic carbocycles. The maximum atomic E-state index is 2.46. The van der Waals surface area contributed by atoms with Crippen molar-refractivity contribution in [3.8, 4) is 39.3 Å². The molecule has 0 saturated heterocycles. The Bertz CT molecular complexity index is 3920. The number of thiophene rings is 1. The van der Waals surface area contributed by atoms with Crippen molar-refractivity contribution in [2.24, 2.45) is 0 Å². The first-order chi connectivity index (χ1) is 31.7. The summed E-state index contributed by atoms with van der Waals surface area (Å²) in [5, 5.41) is 10.1. The normalized spacial score (nSPS) is 12.1. The van der Waals surface area contributed by atoms with E-state index in [-0.39, 0.29) is 0 Å². The van der Waals surface area contributed by atoms with Crippen molar-refractivity contribution in [2.45, 2.75) is 0 Å². The molecular weight excluding hydrogens is 795 g/mol. The number of para-hydroxylation sites is 4. The molecule has 0 N–H and O–H groups in total. The Hall–Kier alpha value is -8.18. The van der Waals surface area contributed by atoms with Crippen LogP contribution in [0.2, 0.25) is 0 Å². The van der Waals surface area contributed by atoms with Gasteiger partial charge in [0.2, 0.25) is 0 Å².